The van der Waals surface area contributed by atoms with Gasteiger partial charge in [-0.25, -0.2) is 17.5 Å². The number of benzene rings is 1. The number of halogens is 3. The zero-order valence-corrected chi connectivity index (χ0v) is 13.1. The van der Waals surface area contributed by atoms with Gasteiger partial charge in [0.15, 0.2) is 0 Å². The molecule has 0 aromatic heterocycles. The van der Waals surface area contributed by atoms with E-state index in [9.17, 15) is 12.8 Å². The second-order valence-electron chi connectivity index (χ2n) is 4.90. The number of piperidine rings is 1. The second kappa shape index (κ2) is 6.15. The van der Waals surface area contributed by atoms with Gasteiger partial charge in [-0.05, 0) is 38.4 Å². The van der Waals surface area contributed by atoms with E-state index in [1.165, 1.54) is 0 Å². The van der Waals surface area contributed by atoms with Crippen molar-refractivity contribution >= 4 is 33.2 Å². The first-order valence-electron chi connectivity index (χ1n) is 6.20. The zero-order chi connectivity index (χ0) is 14.9. The van der Waals surface area contributed by atoms with E-state index in [0.29, 0.717) is 12.8 Å². The SMILES string of the molecule is CC1CC(NS(=O)(=O)c2c(Cl)cc(F)cc2Cl)CCN1. The molecular weight excluding hydrogens is 326 g/mol. The van der Waals surface area contributed by atoms with Crippen LogP contribution in [-0.2, 0) is 10.0 Å². The maximum absolute atomic E-state index is 13.1. The van der Waals surface area contributed by atoms with Crippen molar-refractivity contribution in [3.05, 3.63) is 28.0 Å². The summed E-state index contributed by atoms with van der Waals surface area (Å²) in [4.78, 5) is -0.270. The Bertz CT molecular complexity index is 586. The van der Waals surface area contributed by atoms with E-state index in [2.05, 4.69) is 10.0 Å². The Morgan fingerprint density at radius 2 is 1.95 bits per heavy atom. The smallest absolute Gasteiger partial charge is 0.243 e. The predicted octanol–water partition coefficient (Wildman–Crippen LogP) is 2.55. The predicted molar refractivity (Wildman–Crippen MR) is 77.2 cm³/mol. The van der Waals surface area contributed by atoms with E-state index in [1.54, 1.807) is 0 Å². The van der Waals surface area contributed by atoms with Gasteiger partial charge in [0.25, 0.3) is 0 Å². The molecule has 0 bridgehead atoms. The highest BCUT2D eigenvalue weighted by Gasteiger charge is 2.28. The molecule has 1 aliphatic heterocycles. The normalized spacial score (nSPS) is 23.8. The third-order valence-electron chi connectivity index (χ3n) is 3.18. The van der Waals surface area contributed by atoms with Crippen LogP contribution in [0.15, 0.2) is 17.0 Å². The molecular formula is C12H15Cl2FN2O2S. The lowest BCUT2D eigenvalue weighted by Crippen LogP contribution is -2.46. The van der Waals surface area contributed by atoms with Crippen LogP contribution in [0, 0.1) is 5.82 Å². The van der Waals surface area contributed by atoms with Gasteiger partial charge in [-0.15, -0.1) is 0 Å². The van der Waals surface area contributed by atoms with E-state index in [0.717, 1.165) is 18.7 Å². The van der Waals surface area contributed by atoms with E-state index in [-0.39, 0.29) is 27.0 Å². The molecule has 8 heteroatoms. The van der Waals surface area contributed by atoms with Crippen LogP contribution in [0.5, 0.6) is 0 Å². The highest BCUT2D eigenvalue weighted by molar-refractivity contribution is 7.89. The van der Waals surface area contributed by atoms with Crippen molar-refractivity contribution in [1.82, 2.24) is 10.0 Å². The van der Waals surface area contributed by atoms with E-state index in [4.69, 9.17) is 23.2 Å². The minimum absolute atomic E-state index is 0.187. The van der Waals surface area contributed by atoms with Gasteiger partial charge >= 0.3 is 0 Å². The zero-order valence-electron chi connectivity index (χ0n) is 10.8. The summed E-state index contributed by atoms with van der Waals surface area (Å²) in [6.45, 7) is 2.72. The molecule has 0 radical (unpaired) electrons. The van der Waals surface area contributed by atoms with Crippen LogP contribution < -0.4 is 10.0 Å². The highest BCUT2D eigenvalue weighted by Crippen LogP contribution is 2.30. The maximum Gasteiger partial charge on any atom is 0.243 e. The minimum atomic E-state index is -3.87. The largest absolute Gasteiger partial charge is 0.314 e. The minimum Gasteiger partial charge on any atom is -0.314 e. The molecule has 2 atom stereocenters. The molecule has 2 rings (SSSR count). The summed E-state index contributed by atoms with van der Waals surface area (Å²) in [5.74, 6) is -0.672. The van der Waals surface area contributed by atoms with E-state index >= 15 is 0 Å². The van der Waals surface area contributed by atoms with Gasteiger partial charge < -0.3 is 5.32 Å². The molecule has 4 nitrogen and oxygen atoms in total. The molecule has 1 heterocycles. The Balaban J connectivity index is 2.27. The highest BCUT2D eigenvalue weighted by atomic mass is 35.5. The lowest BCUT2D eigenvalue weighted by Gasteiger charge is -2.28. The Labute approximate surface area is 127 Å². The van der Waals surface area contributed by atoms with Gasteiger partial charge in [0.2, 0.25) is 10.0 Å². The number of sulfonamides is 1. The van der Waals surface area contributed by atoms with Crippen LogP contribution in [0.3, 0.4) is 0 Å². The van der Waals surface area contributed by atoms with Gasteiger partial charge in [0, 0.05) is 12.1 Å². The van der Waals surface area contributed by atoms with Crippen molar-refractivity contribution in [2.75, 3.05) is 6.54 Å². The summed E-state index contributed by atoms with van der Waals surface area (Å²) in [6, 6.07) is 1.92. The van der Waals surface area contributed by atoms with Crippen LogP contribution in [0.25, 0.3) is 0 Å². The number of hydrogen-bond donors (Lipinski definition) is 2. The molecule has 1 fully saturated rings. The average molecular weight is 341 g/mol. The van der Waals surface area contributed by atoms with Crippen molar-refractivity contribution in [3.8, 4) is 0 Å². The molecule has 0 saturated carbocycles. The van der Waals surface area contributed by atoms with Gasteiger partial charge in [-0.3, -0.25) is 0 Å². The molecule has 112 valence electrons. The molecule has 1 aromatic carbocycles. The van der Waals surface area contributed by atoms with Gasteiger partial charge in [-0.2, -0.15) is 0 Å². The number of hydrogen-bond acceptors (Lipinski definition) is 3. The van der Waals surface area contributed by atoms with Crippen molar-refractivity contribution in [1.29, 1.82) is 0 Å². The van der Waals surface area contributed by atoms with Crippen LogP contribution in [0.2, 0.25) is 10.0 Å². The molecule has 0 spiro atoms. The lowest BCUT2D eigenvalue weighted by molar-refractivity contribution is 0.361. The molecule has 0 amide bonds. The van der Waals surface area contributed by atoms with Crippen molar-refractivity contribution in [3.63, 3.8) is 0 Å². The second-order valence-corrected chi connectivity index (χ2v) is 7.36. The Hall–Kier alpha value is -0.400. The maximum atomic E-state index is 13.1. The Morgan fingerprint density at radius 1 is 1.35 bits per heavy atom. The monoisotopic (exact) mass is 340 g/mol. The first-order valence-corrected chi connectivity index (χ1v) is 8.44. The third kappa shape index (κ3) is 3.62. The van der Waals surface area contributed by atoms with Gasteiger partial charge in [0.05, 0.1) is 10.0 Å². The molecule has 1 aromatic rings. The molecule has 2 unspecified atom stereocenters. The van der Waals surface area contributed by atoms with Crippen LogP contribution in [0.1, 0.15) is 19.8 Å². The van der Waals surface area contributed by atoms with Crippen LogP contribution >= 0.6 is 23.2 Å². The molecule has 1 aliphatic rings. The van der Waals surface area contributed by atoms with Crippen molar-refractivity contribution < 1.29 is 12.8 Å². The summed E-state index contributed by atoms with van der Waals surface area (Å²) < 4.78 is 40.4. The average Bonchev–Trinajstić information content (AvgIpc) is 2.25. The molecule has 1 saturated heterocycles. The number of nitrogens with one attached hydrogen (secondary N) is 2. The number of rotatable bonds is 3. The quantitative estimate of drug-likeness (QED) is 0.888. The van der Waals surface area contributed by atoms with Gasteiger partial charge in [-0.1, -0.05) is 23.2 Å². The summed E-state index contributed by atoms with van der Waals surface area (Å²) >= 11 is 11.6. The van der Waals surface area contributed by atoms with Gasteiger partial charge in [0.1, 0.15) is 10.7 Å². The lowest BCUT2D eigenvalue weighted by atomic mass is 10.0. The van der Waals surface area contributed by atoms with Crippen LogP contribution in [-0.4, -0.2) is 27.0 Å². The fourth-order valence-electron chi connectivity index (χ4n) is 2.30. The van der Waals surface area contributed by atoms with Crippen LogP contribution in [0.4, 0.5) is 4.39 Å². The van der Waals surface area contributed by atoms with E-state index in [1.807, 2.05) is 6.92 Å². The Morgan fingerprint density at radius 3 is 2.50 bits per heavy atom. The summed E-state index contributed by atoms with van der Waals surface area (Å²) in [5.41, 5.74) is 0. The first kappa shape index (κ1) is 16.0. The van der Waals surface area contributed by atoms with E-state index < -0.39 is 15.8 Å². The Kier molecular flexibility index (Phi) is 4.92. The summed E-state index contributed by atoms with van der Waals surface area (Å²) in [7, 11) is -3.87. The fourth-order valence-corrected chi connectivity index (χ4v) is 4.77. The third-order valence-corrected chi connectivity index (χ3v) is 5.62. The summed E-state index contributed by atoms with van der Waals surface area (Å²) in [5, 5.41) is 2.80. The summed E-state index contributed by atoms with van der Waals surface area (Å²) in [6.07, 6.45) is 1.36. The molecule has 0 aliphatic carbocycles. The molecule has 20 heavy (non-hydrogen) atoms. The standard InChI is InChI=1S/C12H15Cl2FN2O2S/c1-7-4-9(2-3-16-7)17-20(18,19)12-10(13)5-8(15)6-11(12)14/h5-7,9,16-17H,2-4H2,1H3. The topological polar surface area (TPSA) is 58.2 Å². The van der Waals surface area contributed by atoms with Crippen molar-refractivity contribution in [2.45, 2.75) is 36.7 Å². The first-order chi connectivity index (χ1) is 9.29. The fraction of sp³-hybridized carbons (Fsp3) is 0.500. The van der Waals surface area contributed by atoms with Crippen molar-refractivity contribution in [2.24, 2.45) is 0 Å². The molecule has 2 N–H and O–H groups in total.